The number of imide groups is 1. The molecule has 2 fully saturated rings. The van der Waals surface area contributed by atoms with E-state index in [2.05, 4.69) is 24.5 Å². The first-order valence-electron chi connectivity index (χ1n) is 7.53. The molecule has 7 heteroatoms. The van der Waals surface area contributed by atoms with Crippen LogP contribution in [0.25, 0.3) is 0 Å². The van der Waals surface area contributed by atoms with Crippen LogP contribution in [0.2, 0.25) is 0 Å². The van der Waals surface area contributed by atoms with Gasteiger partial charge in [0, 0.05) is 19.5 Å². The van der Waals surface area contributed by atoms with E-state index >= 15 is 0 Å². The first-order chi connectivity index (χ1) is 9.99. The van der Waals surface area contributed by atoms with Crippen LogP contribution in [0.15, 0.2) is 0 Å². The Morgan fingerprint density at radius 2 is 2.10 bits per heavy atom. The van der Waals surface area contributed by atoms with E-state index in [4.69, 9.17) is 4.74 Å². The Morgan fingerprint density at radius 3 is 2.67 bits per heavy atom. The standard InChI is InChI=1S/C14H23N3O4/c1-3-14(4-2)9-17(7-8-21-14)11(18)6-5-10-12(19)16-13(20)15-10/h10H,3-9H2,1-2H3,(H2,15,16,19,20)/t10-/m0/s1. The molecule has 1 atom stereocenters. The second-order valence-corrected chi connectivity index (χ2v) is 5.61. The lowest BCUT2D eigenvalue weighted by molar-refractivity contribution is -0.152. The summed E-state index contributed by atoms with van der Waals surface area (Å²) in [5, 5.41) is 4.67. The molecule has 0 spiro atoms. The Bertz CT molecular complexity index is 434. The Kier molecular flexibility index (Phi) is 4.82. The van der Waals surface area contributed by atoms with Crippen molar-refractivity contribution in [2.75, 3.05) is 19.7 Å². The molecule has 2 aliphatic heterocycles. The summed E-state index contributed by atoms with van der Waals surface area (Å²) in [6.07, 6.45) is 2.32. The van der Waals surface area contributed by atoms with E-state index in [1.807, 2.05) is 4.90 Å². The molecule has 0 saturated carbocycles. The zero-order valence-corrected chi connectivity index (χ0v) is 12.6. The third-order valence-electron chi connectivity index (χ3n) is 4.40. The van der Waals surface area contributed by atoms with Crippen LogP contribution in [-0.2, 0) is 14.3 Å². The van der Waals surface area contributed by atoms with E-state index in [-0.39, 0.29) is 23.8 Å². The molecule has 7 nitrogen and oxygen atoms in total. The van der Waals surface area contributed by atoms with Gasteiger partial charge in [-0.05, 0) is 19.3 Å². The monoisotopic (exact) mass is 297 g/mol. The largest absolute Gasteiger partial charge is 0.371 e. The number of urea groups is 1. The molecule has 4 amide bonds. The van der Waals surface area contributed by atoms with Crippen LogP contribution in [0.3, 0.4) is 0 Å². The number of morpholine rings is 1. The predicted molar refractivity (Wildman–Crippen MR) is 75.5 cm³/mol. The van der Waals surface area contributed by atoms with Crippen LogP contribution in [0.1, 0.15) is 39.5 Å². The number of carbonyl (C=O) groups excluding carboxylic acids is 3. The summed E-state index contributed by atoms with van der Waals surface area (Å²) < 4.78 is 5.84. The van der Waals surface area contributed by atoms with E-state index in [9.17, 15) is 14.4 Å². The van der Waals surface area contributed by atoms with Crippen LogP contribution in [0, 0.1) is 0 Å². The van der Waals surface area contributed by atoms with Crippen molar-refractivity contribution in [2.24, 2.45) is 0 Å². The maximum atomic E-state index is 12.3. The van der Waals surface area contributed by atoms with E-state index in [1.165, 1.54) is 0 Å². The van der Waals surface area contributed by atoms with Gasteiger partial charge in [-0.25, -0.2) is 4.79 Å². The van der Waals surface area contributed by atoms with Crippen molar-refractivity contribution in [3.05, 3.63) is 0 Å². The summed E-state index contributed by atoms with van der Waals surface area (Å²) in [6, 6.07) is -1.08. The fourth-order valence-corrected chi connectivity index (χ4v) is 2.82. The minimum atomic E-state index is -0.593. The molecular formula is C14H23N3O4. The summed E-state index contributed by atoms with van der Waals surface area (Å²) in [6.45, 7) is 5.87. The number of rotatable bonds is 5. The maximum Gasteiger partial charge on any atom is 0.322 e. The van der Waals surface area contributed by atoms with Gasteiger partial charge in [-0.3, -0.25) is 14.9 Å². The molecular weight excluding hydrogens is 274 g/mol. The van der Waals surface area contributed by atoms with Gasteiger partial charge in [0.15, 0.2) is 0 Å². The highest BCUT2D eigenvalue weighted by Crippen LogP contribution is 2.25. The number of hydrogen-bond donors (Lipinski definition) is 2. The molecule has 0 unspecified atom stereocenters. The first kappa shape index (κ1) is 15.8. The molecule has 2 saturated heterocycles. The summed E-state index contributed by atoms with van der Waals surface area (Å²) in [4.78, 5) is 36.5. The van der Waals surface area contributed by atoms with Crippen LogP contribution in [0.4, 0.5) is 4.79 Å². The second kappa shape index (κ2) is 6.43. The molecule has 0 aromatic carbocycles. The minimum Gasteiger partial charge on any atom is -0.371 e. The molecule has 0 aliphatic carbocycles. The molecule has 0 aromatic rings. The smallest absolute Gasteiger partial charge is 0.322 e. The summed E-state index contributed by atoms with van der Waals surface area (Å²) in [7, 11) is 0. The second-order valence-electron chi connectivity index (χ2n) is 5.61. The molecule has 21 heavy (non-hydrogen) atoms. The van der Waals surface area contributed by atoms with Gasteiger partial charge in [0.2, 0.25) is 5.91 Å². The van der Waals surface area contributed by atoms with Crippen LogP contribution in [0.5, 0.6) is 0 Å². The normalized spacial score (nSPS) is 24.7. The van der Waals surface area contributed by atoms with Crippen molar-refractivity contribution in [3.8, 4) is 0 Å². The van der Waals surface area contributed by atoms with Crippen molar-refractivity contribution in [3.63, 3.8) is 0 Å². The number of ether oxygens (including phenoxy) is 1. The van der Waals surface area contributed by atoms with Gasteiger partial charge in [0.1, 0.15) is 6.04 Å². The molecule has 0 radical (unpaired) electrons. The van der Waals surface area contributed by atoms with Crippen molar-refractivity contribution in [1.29, 1.82) is 0 Å². The van der Waals surface area contributed by atoms with E-state index < -0.39 is 12.1 Å². The lowest BCUT2D eigenvalue weighted by Crippen LogP contribution is -2.53. The number of carbonyl (C=O) groups is 3. The molecule has 2 N–H and O–H groups in total. The fourth-order valence-electron chi connectivity index (χ4n) is 2.82. The molecule has 2 rings (SSSR count). The fraction of sp³-hybridized carbons (Fsp3) is 0.786. The number of nitrogens with zero attached hydrogens (tertiary/aromatic N) is 1. The van der Waals surface area contributed by atoms with Gasteiger partial charge in [0.05, 0.1) is 12.2 Å². The van der Waals surface area contributed by atoms with Crippen LogP contribution < -0.4 is 10.6 Å². The van der Waals surface area contributed by atoms with E-state index in [1.54, 1.807) is 0 Å². The quantitative estimate of drug-likeness (QED) is 0.719. The Balaban J connectivity index is 1.85. The Labute approximate surface area is 124 Å². The van der Waals surface area contributed by atoms with Gasteiger partial charge >= 0.3 is 6.03 Å². The SMILES string of the molecule is CCC1(CC)CN(C(=O)CC[C@@H]2NC(=O)NC2=O)CCO1. The first-order valence-corrected chi connectivity index (χ1v) is 7.53. The van der Waals surface area contributed by atoms with Gasteiger partial charge in [0.25, 0.3) is 5.91 Å². The average Bonchev–Trinajstić information content (AvgIpc) is 2.82. The van der Waals surface area contributed by atoms with Crippen molar-refractivity contribution in [2.45, 2.75) is 51.2 Å². The van der Waals surface area contributed by atoms with Gasteiger partial charge in [-0.2, -0.15) is 0 Å². The predicted octanol–water partition coefficient (Wildman–Crippen LogP) is 0.392. The van der Waals surface area contributed by atoms with Gasteiger partial charge < -0.3 is 15.0 Å². The topological polar surface area (TPSA) is 87.7 Å². The molecule has 118 valence electrons. The Hall–Kier alpha value is -1.63. The van der Waals surface area contributed by atoms with Crippen molar-refractivity contribution < 1.29 is 19.1 Å². The molecule has 0 bridgehead atoms. The van der Waals surface area contributed by atoms with Crippen LogP contribution in [-0.4, -0.2) is 54.1 Å². The lowest BCUT2D eigenvalue weighted by Gasteiger charge is -2.42. The number of nitrogens with one attached hydrogen (secondary N) is 2. The number of amides is 4. The molecule has 0 aromatic heterocycles. The average molecular weight is 297 g/mol. The highest BCUT2D eigenvalue weighted by molar-refractivity contribution is 6.04. The highest BCUT2D eigenvalue weighted by Gasteiger charge is 2.36. The minimum absolute atomic E-state index is 0.0125. The maximum absolute atomic E-state index is 12.3. The van der Waals surface area contributed by atoms with E-state index in [0.29, 0.717) is 26.1 Å². The summed E-state index contributed by atoms with van der Waals surface area (Å²) >= 11 is 0. The van der Waals surface area contributed by atoms with E-state index in [0.717, 1.165) is 12.8 Å². The zero-order valence-electron chi connectivity index (χ0n) is 12.6. The lowest BCUT2D eigenvalue weighted by atomic mass is 9.94. The van der Waals surface area contributed by atoms with Crippen LogP contribution >= 0.6 is 0 Å². The van der Waals surface area contributed by atoms with Crippen molar-refractivity contribution in [1.82, 2.24) is 15.5 Å². The van der Waals surface area contributed by atoms with Gasteiger partial charge in [-0.1, -0.05) is 13.8 Å². The summed E-state index contributed by atoms with van der Waals surface area (Å²) in [5.74, 6) is -0.343. The van der Waals surface area contributed by atoms with Gasteiger partial charge in [-0.15, -0.1) is 0 Å². The molecule has 2 heterocycles. The number of hydrogen-bond acceptors (Lipinski definition) is 4. The van der Waals surface area contributed by atoms with Crippen molar-refractivity contribution >= 4 is 17.8 Å². The highest BCUT2D eigenvalue weighted by atomic mass is 16.5. The molecule has 2 aliphatic rings. The third kappa shape index (κ3) is 3.53. The zero-order chi connectivity index (χ0) is 15.5. The Morgan fingerprint density at radius 1 is 1.38 bits per heavy atom. The third-order valence-corrected chi connectivity index (χ3v) is 4.40. The summed E-state index contributed by atoms with van der Waals surface area (Å²) in [5.41, 5.74) is -0.243.